The molecule has 0 saturated carbocycles. The van der Waals surface area contributed by atoms with Gasteiger partial charge in [-0.15, -0.1) is 0 Å². The Morgan fingerprint density at radius 1 is 1.25 bits per heavy atom. The molecule has 88 valence electrons. The zero-order chi connectivity index (χ0) is 12.4. The molecule has 0 aliphatic heterocycles. The Kier molecular flexibility index (Phi) is 7.86. The van der Waals surface area contributed by atoms with Crippen LogP contribution in [0.5, 0.6) is 0 Å². The van der Waals surface area contributed by atoms with E-state index in [0.29, 0.717) is 0 Å². The molecular formula is C14H22N2. The van der Waals surface area contributed by atoms with Crippen LogP contribution in [0.25, 0.3) is 0 Å². The van der Waals surface area contributed by atoms with E-state index in [1.54, 1.807) is 6.08 Å². The maximum absolute atomic E-state index is 4.40. The van der Waals surface area contributed by atoms with Crippen LogP contribution in [-0.4, -0.2) is 24.3 Å². The second-order valence-electron chi connectivity index (χ2n) is 3.28. The molecule has 1 unspecified atom stereocenters. The lowest BCUT2D eigenvalue weighted by atomic mass is 10.3. The van der Waals surface area contributed by atoms with Gasteiger partial charge in [-0.3, -0.25) is 4.99 Å². The van der Waals surface area contributed by atoms with Crippen molar-refractivity contribution in [1.29, 1.82) is 0 Å². The molecule has 0 aliphatic rings. The molecule has 0 N–H and O–H groups in total. The van der Waals surface area contributed by atoms with Crippen LogP contribution in [0.2, 0.25) is 0 Å². The maximum atomic E-state index is 4.40. The lowest BCUT2D eigenvalue weighted by molar-refractivity contribution is 0.374. The zero-order valence-corrected chi connectivity index (χ0v) is 10.7. The van der Waals surface area contributed by atoms with Crippen molar-refractivity contribution in [3.05, 3.63) is 48.7 Å². The van der Waals surface area contributed by atoms with E-state index in [1.807, 2.05) is 58.3 Å². The fourth-order valence-corrected chi connectivity index (χ4v) is 1.34. The van der Waals surface area contributed by atoms with Gasteiger partial charge in [-0.1, -0.05) is 24.8 Å². The Morgan fingerprint density at radius 2 is 1.94 bits per heavy atom. The molecule has 0 amide bonds. The molecule has 0 heterocycles. The summed E-state index contributed by atoms with van der Waals surface area (Å²) >= 11 is 0. The third-order valence-electron chi connectivity index (χ3n) is 2.10. The Balaban J connectivity index is 5.00. The van der Waals surface area contributed by atoms with Crippen molar-refractivity contribution in [2.75, 3.05) is 7.05 Å². The molecule has 2 nitrogen and oxygen atoms in total. The van der Waals surface area contributed by atoms with Crippen molar-refractivity contribution < 1.29 is 0 Å². The first-order chi connectivity index (χ1) is 7.71. The van der Waals surface area contributed by atoms with Gasteiger partial charge in [0.25, 0.3) is 0 Å². The van der Waals surface area contributed by atoms with Gasteiger partial charge in [0.15, 0.2) is 0 Å². The highest BCUT2D eigenvalue weighted by Crippen LogP contribution is 2.11. The zero-order valence-electron chi connectivity index (χ0n) is 10.7. The first-order valence-electron chi connectivity index (χ1n) is 5.50. The predicted molar refractivity (Wildman–Crippen MR) is 73.6 cm³/mol. The molecule has 0 radical (unpaired) electrons. The van der Waals surface area contributed by atoms with E-state index in [0.717, 1.165) is 5.70 Å². The minimum absolute atomic E-state index is 0.0393. The predicted octanol–water partition coefficient (Wildman–Crippen LogP) is 3.56. The molecule has 2 heteroatoms. The smallest absolute Gasteiger partial charge is 0.139 e. The Morgan fingerprint density at radius 3 is 2.38 bits per heavy atom. The minimum atomic E-state index is 0.0393. The van der Waals surface area contributed by atoms with Gasteiger partial charge in [-0.05, 0) is 45.2 Å². The largest absolute Gasteiger partial charge is 0.350 e. The first kappa shape index (κ1) is 14.4. The molecular weight excluding hydrogens is 196 g/mol. The molecule has 1 atom stereocenters. The van der Waals surface area contributed by atoms with Crippen LogP contribution in [0, 0.1) is 0 Å². The minimum Gasteiger partial charge on any atom is -0.350 e. The van der Waals surface area contributed by atoms with Crippen molar-refractivity contribution in [3.63, 3.8) is 0 Å². The van der Waals surface area contributed by atoms with Crippen LogP contribution in [0.15, 0.2) is 53.7 Å². The molecule has 16 heavy (non-hydrogen) atoms. The van der Waals surface area contributed by atoms with E-state index in [2.05, 4.69) is 22.5 Å². The highest BCUT2D eigenvalue weighted by Gasteiger charge is 2.09. The average molecular weight is 218 g/mol. The third kappa shape index (κ3) is 4.78. The molecule has 0 aromatic heterocycles. The van der Waals surface area contributed by atoms with Gasteiger partial charge in [-0.2, -0.15) is 0 Å². The van der Waals surface area contributed by atoms with Crippen molar-refractivity contribution in [1.82, 2.24) is 4.90 Å². The molecule has 0 fully saturated rings. The van der Waals surface area contributed by atoms with Crippen LogP contribution >= 0.6 is 0 Å². The van der Waals surface area contributed by atoms with E-state index in [4.69, 9.17) is 0 Å². The molecule has 0 spiro atoms. The fourth-order valence-electron chi connectivity index (χ4n) is 1.34. The number of likely N-dealkylation sites (N-methyl/N-ethyl adjacent to an activating group) is 1. The number of nitrogens with zero attached hydrogens (tertiary/aromatic N) is 2. The molecule has 0 saturated heterocycles. The fraction of sp³-hybridized carbons (Fsp3) is 0.357. The van der Waals surface area contributed by atoms with Crippen molar-refractivity contribution in [3.8, 4) is 0 Å². The highest BCUT2D eigenvalue weighted by molar-refractivity contribution is 5.53. The van der Waals surface area contributed by atoms with Gasteiger partial charge in [0.1, 0.15) is 6.17 Å². The van der Waals surface area contributed by atoms with E-state index in [1.165, 1.54) is 0 Å². The van der Waals surface area contributed by atoms with Gasteiger partial charge in [0.05, 0.1) is 0 Å². The Hall–Kier alpha value is -1.57. The number of aliphatic imine (C=N–C) groups is 1. The summed E-state index contributed by atoms with van der Waals surface area (Å²) in [6.07, 6.45) is 13.7. The van der Waals surface area contributed by atoms with Gasteiger partial charge in [0.2, 0.25) is 0 Å². The van der Waals surface area contributed by atoms with Gasteiger partial charge in [-0.25, -0.2) is 0 Å². The highest BCUT2D eigenvalue weighted by atomic mass is 15.2. The number of allylic oxidation sites excluding steroid dienone is 5. The monoisotopic (exact) mass is 218 g/mol. The molecule has 0 aliphatic carbocycles. The van der Waals surface area contributed by atoms with Crippen LogP contribution in [0.1, 0.15) is 20.8 Å². The lowest BCUT2D eigenvalue weighted by Crippen LogP contribution is -2.27. The number of hydrogen-bond donors (Lipinski definition) is 0. The van der Waals surface area contributed by atoms with Crippen LogP contribution < -0.4 is 0 Å². The second-order valence-corrected chi connectivity index (χ2v) is 3.28. The van der Waals surface area contributed by atoms with Crippen LogP contribution in [-0.2, 0) is 0 Å². The Bertz CT molecular complexity index is 297. The standard InChI is InChI=1S/C14H22N2/c1-6-10-13(11-7-2)16(5)14(12-8-3)15-9-4/h6-12,14H,1H2,2-5H3/b11-7-,12-8+,13-10+,15-9?. The topological polar surface area (TPSA) is 15.6 Å². The van der Waals surface area contributed by atoms with E-state index in [9.17, 15) is 0 Å². The number of rotatable bonds is 6. The number of hydrogen-bond acceptors (Lipinski definition) is 2. The second kappa shape index (κ2) is 8.72. The van der Waals surface area contributed by atoms with Crippen molar-refractivity contribution in [2.24, 2.45) is 4.99 Å². The molecule has 0 aromatic rings. The van der Waals surface area contributed by atoms with E-state index >= 15 is 0 Å². The van der Waals surface area contributed by atoms with Crippen molar-refractivity contribution >= 4 is 6.21 Å². The van der Waals surface area contributed by atoms with Gasteiger partial charge < -0.3 is 4.90 Å². The van der Waals surface area contributed by atoms with Crippen molar-refractivity contribution in [2.45, 2.75) is 26.9 Å². The van der Waals surface area contributed by atoms with Crippen LogP contribution in [0.3, 0.4) is 0 Å². The summed E-state index contributed by atoms with van der Waals surface area (Å²) in [6, 6.07) is 0. The summed E-state index contributed by atoms with van der Waals surface area (Å²) in [5.41, 5.74) is 1.09. The normalized spacial score (nSPS) is 15.1. The third-order valence-corrected chi connectivity index (χ3v) is 2.10. The Labute approximate surface area is 99.4 Å². The molecule has 0 rings (SSSR count). The summed E-state index contributed by atoms with van der Waals surface area (Å²) in [6.45, 7) is 9.65. The average Bonchev–Trinajstić information content (AvgIpc) is 2.27. The quantitative estimate of drug-likeness (QED) is 0.378. The summed E-state index contributed by atoms with van der Waals surface area (Å²) in [5.74, 6) is 0. The maximum Gasteiger partial charge on any atom is 0.139 e. The summed E-state index contributed by atoms with van der Waals surface area (Å²) in [4.78, 5) is 6.50. The van der Waals surface area contributed by atoms with Gasteiger partial charge >= 0.3 is 0 Å². The molecule has 0 bridgehead atoms. The van der Waals surface area contributed by atoms with E-state index in [-0.39, 0.29) is 6.17 Å². The SMILES string of the molecule is C=C/C=C(\C=C/C)N(C)C(/C=C/C)N=CC. The summed E-state index contributed by atoms with van der Waals surface area (Å²) < 4.78 is 0. The summed E-state index contributed by atoms with van der Waals surface area (Å²) in [7, 11) is 2.02. The van der Waals surface area contributed by atoms with Gasteiger partial charge in [0, 0.05) is 12.7 Å². The summed E-state index contributed by atoms with van der Waals surface area (Å²) in [5, 5.41) is 0. The lowest BCUT2D eigenvalue weighted by Gasteiger charge is -2.25. The van der Waals surface area contributed by atoms with E-state index < -0.39 is 0 Å². The molecule has 0 aromatic carbocycles. The first-order valence-corrected chi connectivity index (χ1v) is 5.50. The van der Waals surface area contributed by atoms with Crippen LogP contribution in [0.4, 0.5) is 0 Å².